The lowest BCUT2D eigenvalue weighted by Gasteiger charge is -2.12. The first-order valence-corrected chi connectivity index (χ1v) is 8.66. The lowest BCUT2D eigenvalue weighted by atomic mass is 10.0. The van der Waals surface area contributed by atoms with Crippen molar-refractivity contribution in [1.82, 2.24) is 0 Å². The van der Waals surface area contributed by atoms with Gasteiger partial charge in [0.25, 0.3) is 0 Å². The zero-order valence-electron chi connectivity index (χ0n) is 14.3. The molecule has 4 nitrogen and oxygen atoms in total. The summed E-state index contributed by atoms with van der Waals surface area (Å²) in [5.74, 6) is -0.298. The van der Waals surface area contributed by atoms with Crippen LogP contribution in [0.3, 0.4) is 0 Å². The van der Waals surface area contributed by atoms with E-state index in [1.165, 1.54) is 6.08 Å². The molecule has 0 radical (unpaired) electrons. The third-order valence-electron chi connectivity index (χ3n) is 3.87. The fourth-order valence-electron chi connectivity index (χ4n) is 2.59. The van der Waals surface area contributed by atoms with Crippen molar-refractivity contribution >= 4 is 35.0 Å². The zero-order chi connectivity index (χ0) is 19.1. The molecule has 27 heavy (non-hydrogen) atoms. The molecule has 0 spiro atoms. The van der Waals surface area contributed by atoms with Gasteiger partial charge < -0.3 is 10.5 Å². The third kappa shape index (κ3) is 4.84. The van der Waals surface area contributed by atoms with Gasteiger partial charge in [0.15, 0.2) is 0 Å². The molecule has 1 amide bonds. The quantitative estimate of drug-likeness (QED) is 0.277. The molecule has 0 saturated carbocycles. The van der Waals surface area contributed by atoms with Gasteiger partial charge in [0.1, 0.15) is 5.71 Å². The first-order valence-electron chi connectivity index (χ1n) is 8.29. The van der Waals surface area contributed by atoms with Gasteiger partial charge in [0.05, 0.1) is 5.69 Å². The van der Waals surface area contributed by atoms with Gasteiger partial charge in [-0.15, -0.1) is 0 Å². The van der Waals surface area contributed by atoms with Crippen molar-refractivity contribution in [1.29, 1.82) is 0 Å². The van der Waals surface area contributed by atoms with Crippen LogP contribution in [0.4, 0.5) is 5.69 Å². The van der Waals surface area contributed by atoms with E-state index >= 15 is 0 Å². The summed E-state index contributed by atoms with van der Waals surface area (Å²) < 4.78 is 0. The second-order valence-corrected chi connectivity index (χ2v) is 6.17. The highest BCUT2D eigenvalue weighted by molar-refractivity contribution is 6.31. The van der Waals surface area contributed by atoms with Crippen molar-refractivity contribution in [3.05, 3.63) is 107 Å². The Kier molecular flexibility index (Phi) is 6.02. The van der Waals surface area contributed by atoms with Crippen LogP contribution in [0.1, 0.15) is 16.7 Å². The summed E-state index contributed by atoms with van der Waals surface area (Å²) in [4.78, 5) is 12.3. The SMILES string of the molecule is O=C(/C=C/c1ccccc1)Nc1ccc(Cl)cc1/C(=N\O)c1ccccc1. The maximum absolute atomic E-state index is 12.3. The number of hydrogen-bond acceptors (Lipinski definition) is 3. The van der Waals surface area contributed by atoms with Crippen LogP contribution in [0, 0.1) is 0 Å². The predicted molar refractivity (Wildman–Crippen MR) is 109 cm³/mol. The summed E-state index contributed by atoms with van der Waals surface area (Å²) in [7, 11) is 0. The van der Waals surface area contributed by atoms with Crippen molar-refractivity contribution in [3.63, 3.8) is 0 Å². The average Bonchev–Trinajstić information content (AvgIpc) is 2.70. The van der Waals surface area contributed by atoms with Crippen molar-refractivity contribution in [2.24, 2.45) is 5.16 Å². The van der Waals surface area contributed by atoms with Crippen LogP contribution in [0.25, 0.3) is 6.08 Å². The average molecular weight is 377 g/mol. The van der Waals surface area contributed by atoms with Gasteiger partial charge in [-0.3, -0.25) is 4.79 Å². The van der Waals surface area contributed by atoms with Gasteiger partial charge in [0.2, 0.25) is 5.91 Å². The van der Waals surface area contributed by atoms with E-state index in [2.05, 4.69) is 10.5 Å². The number of nitrogens with one attached hydrogen (secondary N) is 1. The molecular weight excluding hydrogens is 360 g/mol. The van der Waals surface area contributed by atoms with Gasteiger partial charge in [-0.05, 0) is 29.8 Å². The number of carbonyl (C=O) groups excluding carboxylic acids is 1. The number of hydrogen-bond donors (Lipinski definition) is 2. The number of amides is 1. The first-order chi connectivity index (χ1) is 13.2. The molecule has 3 aromatic carbocycles. The molecular formula is C22H17ClN2O2. The van der Waals surface area contributed by atoms with Crippen molar-refractivity contribution in [2.75, 3.05) is 5.32 Å². The molecule has 3 rings (SSSR count). The molecule has 134 valence electrons. The van der Waals surface area contributed by atoms with E-state index in [4.69, 9.17) is 11.6 Å². The third-order valence-corrected chi connectivity index (χ3v) is 4.10. The Morgan fingerprint density at radius 3 is 2.30 bits per heavy atom. The summed E-state index contributed by atoms with van der Waals surface area (Å²) in [6.07, 6.45) is 3.18. The number of oxime groups is 1. The van der Waals surface area contributed by atoms with E-state index < -0.39 is 0 Å². The van der Waals surface area contributed by atoms with E-state index in [1.54, 1.807) is 24.3 Å². The number of benzene rings is 3. The fraction of sp³-hybridized carbons (Fsp3) is 0. The monoisotopic (exact) mass is 376 g/mol. The Morgan fingerprint density at radius 2 is 1.63 bits per heavy atom. The summed E-state index contributed by atoms with van der Waals surface area (Å²) in [5.41, 5.74) is 2.97. The lowest BCUT2D eigenvalue weighted by molar-refractivity contribution is -0.111. The maximum Gasteiger partial charge on any atom is 0.248 e. The molecule has 0 aliphatic carbocycles. The normalized spacial score (nSPS) is 11.5. The number of rotatable bonds is 5. The Labute approximate surface area is 162 Å². The smallest absolute Gasteiger partial charge is 0.248 e. The minimum absolute atomic E-state index is 0.298. The Hall–Kier alpha value is -3.37. The van der Waals surface area contributed by atoms with E-state index in [9.17, 15) is 10.0 Å². The predicted octanol–water partition coefficient (Wildman–Crippen LogP) is 5.22. The van der Waals surface area contributed by atoms with Gasteiger partial charge in [0, 0.05) is 22.2 Å². The largest absolute Gasteiger partial charge is 0.410 e. The van der Waals surface area contributed by atoms with Gasteiger partial charge in [-0.1, -0.05) is 77.4 Å². The van der Waals surface area contributed by atoms with Crippen molar-refractivity contribution in [2.45, 2.75) is 0 Å². The van der Waals surface area contributed by atoms with Crippen LogP contribution < -0.4 is 5.32 Å². The number of nitrogens with zero attached hydrogens (tertiary/aromatic N) is 1. The molecule has 0 fully saturated rings. The summed E-state index contributed by atoms with van der Waals surface area (Å²) in [6.45, 7) is 0. The Bertz CT molecular complexity index is 984. The number of carbonyl (C=O) groups is 1. The van der Waals surface area contributed by atoms with Crippen LogP contribution in [0.2, 0.25) is 5.02 Å². The Morgan fingerprint density at radius 1 is 0.963 bits per heavy atom. The molecule has 0 aromatic heterocycles. The molecule has 0 unspecified atom stereocenters. The fourth-order valence-corrected chi connectivity index (χ4v) is 2.77. The van der Waals surface area contributed by atoms with Gasteiger partial charge in [-0.2, -0.15) is 0 Å². The van der Waals surface area contributed by atoms with E-state index in [1.807, 2.05) is 60.7 Å². The van der Waals surface area contributed by atoms with Crippen LogP contribution in [0.5, 0.6) is 0 Å². The molecule has 3 aromatic rings. The highest BCUT2D eigenvalue weighted by Crippen LogP contribution is 2.24. The molecule has 0 atom stereocenters. The number of anilines is 1. The second kappa shape index (κ2) is 8.83. The van der Waals surface area contributed by atoms with E-state index in [0.717, 1.165) is 5.56 Å². The molecule has 0 heterocycles. The van der Waals surface area contributed by atoms with E-state index in [-0.39, 0.29) is 5.91 Å². The van der Waals surface area contributed by atoms with Crippen LogP contribution in [-0.4, -0.2) is 16.8 Å². The van der Waals surface area contributed by atoms with Gasteiger partial charge in [-0.25, -0.2) is 0 Å². The second-order valence-electron chi connectivity index (χ2n) is 5.74. The minimum atomic E-state index is -0.298. The van der Waals surface area contributed by atoms with Crippen LogP contribution in [0.15, 0.2) is 90.1 Å². The number of halogens is 1. The van der Waals surface area contributed by atoms with Crippen LogP contribution in [-0.2, 0) is 4.79 Å². The molecule has 0 saturated heterocycles. The highest BCUT2D eigenvalue weighted by atomic mass is 35.5. The van der Waals surface area contributed by atoms with Crippen LogP contribution >= 0.6 is 11.6 Å². The van der Waals surface area contributed by atoms with Crippen molar-refractivity contribution in [3.8, 4) is 0 Å². The maximum atomic E-state index is 12.3. The zero-order valence-corrected chi connectivity index (χ0v) is 15.1. The minimum Gasteiger partial charge on any atom is -0.410 e. The summed E-state index contributed by atoms with van der Waals surface area (Å²) in [6, 6.07) is 23.7. The molecule has 0 aliphatic rings. The van der Waals surface area contributed by atoms with Gasteiger partial charge >= 0.3 is 0 Å². The van der Waals surface area contributed by atoms with E-state index in [0.29, 0.717) is 27.5 Å². The molecule has 2 N–H and O–H groups in total. The first kappa shape index (κ1) is 18.4. The summed E-state index contributed by atoms with van der Waals surface area (Å²) >= 11 is 6.12. The lowest BCUT2D eigenvalue weighted by Crippen LogP contribution is -2.13. The molecule has 0 aliphatic heterocycles. The topological polar surface area (TPSA) is 61.7 Å². The van der Waals surface area contributed by atoms with Crippen molar-refractivity contribution < 1.29 is 10.0 Å². The molecule has 0 bridgehead atoms. The summed E-state index contributed by atoms with van der Waals surface area (Å²) in [5, 5.41) is 16.3. The standard InChI is InChI=1S/C22H17ClN2O2/c23-18-12-13-20(24-21(26)14-11-16-7-3-1-4-8-16)19(15-18)22(25-27)17-9-5-2-6-10-17/h1-15,27H,(H,24,26)/b14-11+,25-22-. The Balaban J connectivity index is 1.88. The highest BCUT2D eigenvalue weighted by Gasteiger charge is 2.14. The molecule has 5 heteroatoms.